The van der Waals surface area contributed by atoms with Crippen LogP contribution in [-0.4, -0.2) is 24.3 Å². The van der Waals surface area contributed by atoms with E-state index in [4.69, 9.17) is 15.2 Å². The number of nitrogens with two attached hydrogens (primary N) is 1. The first kappa shape index (κ1) is 13.6. The van der Waals surface area contributed by atoms with Crippen molar-refractivity contribution in [1.82, 2.24) is 0 Å². The van der Waals surface area contributed by atoms with Crippen LogP contribution in [0.2, 0.25) is 0 Å². The van der Waals surface area contributed by atoms with E-state index in [0.717, 1.165) is 4.90 Å². The molecule has 0 aromatic heterocycles. The molecule has 21 heavy (non-hydrogen) atoms. The average molecular weight is 303 g/mol. The quantitative estimate of drug-likeness (QED) is 0.849. The molecule has 0 aliphatic carbocycles. The maximum atomic E-state index is 11.3. The second kappa shape index (κ2) is 5.57. The fourth-order valence-corrected chi connectivity index (χ4v) is 3.03. The maximum absolute atomic E-state index is 11.3. The molecule has 0 amide bonds. The highest BCUT2D eigenvalue weighted by molar-refractivity contribution is 7.99. The molecule has 2 aromatic rings. The van der Waals surface area contributed by atoms with Crippen molar-refractivity contribution in [3.63, 3.8) is 0 Å². The monoisotopic (exact) mass is 303 g/mol. The minimum Gasteiger partial charge on any atom is -0.486 e. The van der Waals surface area contributed by atoms with E-state index in [-0.39, 0.29) is 5.56 Å². The Bertz CT molecular complexity index is 702. The molecule has 0 spiro atoms. The molecule has 0 fully saturated rings. The Hall–Kier alpha value is -2.34. The number of rotatable bonds is 3. The van der Waals surface area contributed by atoms with Crippen LogP contribution in [-0.2, 0) is 0 Å². The lowest BCUT2D eigenvalue weighted by Crippen LogP contribution is -2.15. The minimum absolute atomic E-state index is 0.226. The van der Waals surface area contributed by atoms with E-state index in [2.05, 4.69) is 0 Å². The third-order valence-electron chi connectivity index (χ3n) is 2.98. The second-order valence-corrected chi connectivity index (χ2v) is 5.58. The Kier molecular flexibility index (Phi) is 3.62. The molecule has 0 atom stereocenters. The smallest absolute Gasteiger partial charge is 0.336 e. The van der Waals surface area contributed by atoms with Gasteiger partial charge in [0.15, 0.2) is 11.5 Å². The summed E-state index contributed by atoms with van der Waals surface area (Å²) >= 11 is 1.33. The molecule has 0 radical (unpaired) electrons. The van der Waals surface area contributed by atoms with Crippen molar-refractivity contribution in [3.8, 4) is 11.5 Å². The minimum atomic E-state index is -0.977. The summed E-state index contributed by atoms with van der Waals surface area (Å²) in [5, 5.41) is 9.23. The number of benzene rings is 2. The first-order valence-corrected chi connectivity index (χ1v) is 7.15. The summed E-state index contributed by atoms with van der Waals surface area (Å²) in [5.74, 6) is 0.402. The molecule has 108 valence electrons. The van der Waals surface area contributed by atoms with Crippen LogP contribution in [0.3, 0.4) is 0 Å². The van der Waals surface area contributed by atoms with Gasteiger partial charge in [-0.25, -0.2) is 4.79 Å². The highest BCUT2D eigenvalue weighted by atomic mass is 32.2. The molecule has 1 aliphatic rings. The maximum Gasteiger partial charge on any atom is 0.336 e. The number of carbonyl (C=O) groups is 1. The fourth-order valence-electron chi connectivity index (χ4n) is 2.01. The number of hydrogen-bond donors (Lipinski definition) is 2. The second-order valence-electron chi connectivity index (χ2n) is 4.47. The van der Waals surface area contributed by atoms with Crippen molar-refractivity contribution in [2.45, 2.75) is 9.79 Å². The Morgan fingerprint density at radius 2 is 1.86 bits per heavy atom. The molecule has 0 bridgehead atoms. The van der Waals surface area contributed by atoms with Crippen LogP contribution in [0, 0.1) is 0 Å². The summed E-state index contributed by atoms with van der Waals surface area (Å²) in [6.45, 7) is 1.05. The van der Waals surface area contributed by atoms with Crippen LogP contribution in [0.25, 0.3) is 0 Å². The fraction of sp³-hybridized carbons (Fsp3) is 0.133. The Labute approximate surface area is 125 Å². The lowest BCUT2D eigenvalue weighted by atomic mass is 10.2. The molecule has 0 unspecified atom stereocenters. The first-order chi connectivity index (χ1) is 10.1. The number of carboxylic acid groups (broad SMARTS) is 1. The van der Waals surface area contributed by atoms with Gasteiger partial charge in [-0.3, -0.25) is 0 Å². The lowest BCUT2D eigenvalue weighted by molar-refractivity contribution is 0.0693. The van der Waals surface area contributed by atoms with Gasteiger partial charge in [0.1, 0.15) is 13.2 Å². The zero-order valence-electron chi connectivity index (χ0n) is 11.0. The van der Waals surface area contributed by atoms with Gasteiger partial charge in [-0.1, -0.05) is 11.8 Å². The van der Waals surface area contributed by atoms with Gasteiger partial charge in [-0.2, -0.15) is 0 Å². The number of fused-ring (bicyclic) bond motifs is 1. The third kappa shape index (κ3) is 2.90. The highest BCUT2D eigenvalue weighted by Gasteiger charge is 2.15. The zero-order valence-corrected chi connectivity index (χ0v) is 11.9. The molecule has 1 aliphatic heterocycles. The van der Waals surface area contributed by atoms with Gasteiger partial charge in [-0.15, -0.1) is 0 Å². The van der Waals surface area contributed by atoms with E-state index in [9.17, 15) is 9.90 Å². The number of nitrogen functional groups attached to an aromatic ring is 1. The molecular formula is C15H13NO4S. The van der Waals surface area contributed by atoms with E-state index in [1.165, 1.54) is 17.8 Å². The van der Waals surface area contributed by atoms with Gasteiger partial charge in [-0.05, 0) is 36.4 Å². The molecule has 1 heterocycles. The first-order valence-electron chi connectivity index (χ1n) is 6.34. The summed E-state index contributed by atoms with van der Waals surface area (Å²) in [6, 6.07) is 10.3. The number of anilines is 1. The number of hydrogen-bond acceptors (Lipinski definition) is 5. The van der Waals surface area contributed by atoms with Crippen molar-refractivity contribution < 1.29 is 19.4 Å². The predicted octanol–water partition coefficient (Wildman–Crippen LogP) is 2.89. The Balaban J connectivity index is 1.93. The summed E-state index contributed by atoms with van der Waals surface area (Å²) in [4.78, 5) is 12.7. The summed E-state index contributed by atoms with van der Waals surface area (Å²) in [5.41, 5.74) is 6.50. The van der Waals surface area contributed by atoms with Crippen LogP contribution >= 0.6 is 11.8 Å². The number of carboxylic acids is 1. The highest BCUT2D eigenvalue weighted by Crippen LogP contribution is 2.38. The number of ether oxygens (including phenoxy) is 2. The summed E-state index contributed by atoms with van der Waals surface area (Å²) < 4.78 is 11.0. The van der Waals surface area contributed by atoms with Crippen molar-refractivity contribution in [1.29, 1.82) is 0 Å². The standard InChI is InChI=1S/C15H13NO4S/c16-9-1-3-11(15(17)18)14(7-9)21-10-2-4-12-13(8-10)20-6-5-19-12/h1-4,7-8H,5-6,16H2,(H,17,18). The largest absolute Gasteiger partial charge is 0.486 e. The number of aromatic carboxylic acids is 1. The van der Waals surface area contributed by atoms with Gasteiger partial charge in [0.2, 0.25) is 0 Å². The molecule has 0 saturated carbocycles. The van der Waals surface area contributed by atoms with Gasteiger partial charge < -0.3 is 20.3 Å². The molecule has 6 heteroatoms. The summed E-state index contributed by atoms with van der Waals surface area (Å²) in [6.07, 6.45) is 0. The molecule has 2 aromatic carbocycles. The van der Waals surface area contributed by atoms with E-state index in [1.807, 2.05) is 18.2 Å². The van der Waals surface area contributed by atoms with Gasteiger partial charge in [0, 0.05) is 15.5 Å². The molecular weight excluding hydrogens is 290 g/mol. The SMILES string of the molecule is Nc1ccc(C(=O)O)c(Sc2ccc3c(c2)OCCO3)c1. The van der Waals surface area contributed by atoms with Crippen molar-refractivity contribution >= 4 is 23.4 Å². The van der Waals surface area contributed by atoms with E-state index >= 15 is 0 Å². The van der Waals surface area contributed by atoms with Gasteiger partial charge >= 0.3 is 5.97 Å². The topological polar surface area (TPSA) is 81.8 Å². The zero-order chi connectivity index (χ0) is 14.8. The lowest BCUT2D eigenvalue weighted by Gasteiger charge is -2.18. The Morgan fingerprint density at radius 3 is 2.62 bits per heavy atom. The van der Waals surface area contributed by atoms with Crippen molar-refractivity contribution in [2.24, 2.45) is 0 Å². The average Bonchev–Trinajstić information content (AvgIpc) is 2.47. The van der Waals surface area contributed by atoms with E-state index in [0.29, 0.717) is 35.3 Å². The van der Waals surface area contributed by atoms with E-state index in [1.54, 1.807) is 12.1 Å². The molecule has 5 nitrogen and oxygen atoms in total. The van der Waals surface area contributed by atoms with Gasteiger partial charge in [0.25, 0.3) is 0 Å². The third-order valence-corrected chi connectivity index (χ3v) is 4.02. The van der Waals surface area contributed by atoms with Gasteiger partial charge in [0.05, 0.1) is 5.56 Å². The predicted molar refractivity (Wildman–Crippen MR) is 79.4 cm³/mol. The van der Waals surface area contributed by atoms with Crippen molar-refractivity contribution in [2.75, 3.05) is 18.9 Å². The molecule has 3 rings (SSSR count). The normalized spacial score (nSPS) is 13.0. The van der Waals surface area contributed by atoms with Crippen LogP contribution in [0.4, 0.5) is 5.69 Å². The van der Waals surface area contributed by atoms with E-state index < -0.39 is 5.97 Å². The van der Waals surface area contributed by atoms with Crippen LogP contribution in [0.1, 0.15) is 10.4 Å². The summed E-state index contributed by atoms with van der Waals surface area (Å²) in [7, 11) is 0. The Morgan fingerprint density at radius 1 is 1.10 bits per heavy atom. The molecule has 0 saturated heterocycles. The van der Waals surface area contributed by atoms with Crippen LogP contribution in [0.15, 0.2) is 46.2 Å². The van der Waals surface area contributed by atoms with Crippen LogP contribution < -0.4 is 15.2 Å². The van der Waals surface area contributed by atoms with Crippen molar-refractivity contribution in [3.05, 3.63) is 42.0 Å². The molecule has 3 N–H and O–H groups in total. The van der Waals surface area contributed by atoms with Crippen LogP contribution in [0.5, 0.6) is 11.5 Å².